The molecule has 2 nitrogen and oxygen atoms in total. The van der Waals surface area contributed by atoms with Gasteiger partial charge in [-0.1, -0.05) is 6.92 Å². The smallest absolute Gasteiger partial charge is 0.0330 e. The summed E-state index contributed by atoms with van der Waals surface area (Å²) in [5.41, 5.74) is 1.46. The summed E-state index contributed by atoms with van der Waals surface area (Å²) in [5, 5.41) is 5.66. The summed E-state index contributed by atoms with van der Waals surface area (Å²) in [6, 6.07) is 2.23. The highest BCUT2D eigenvalue weighted by Gasteiger charge is 2.16. The molecule has 2 heterocycles. The molecule has 1 aromatic heterocycles. The number of nitrogens with zero attached hydrogens (tertiary/aromatic N) is 1. The van der Waals surface area contributed by atoms with Gasteiger partial charge >= 0.3 is 0 Å². The number of nitrogens with one attached hydrogen (secondary N) is 1. The molecule has 0 bridgehead atoms. The van der Waals surface area contributed by atoms with Crippen LogP contribution in [-0.4, -0.2) is 31.1 Å². The molecule has 1 fully saturated rings. The lowest BCUT2D eigenvalue weighted by molar-refractivity contribution is 0.208. The third-order valence-electron chi connectivity index (χ3n) is 3.76. The van der Waals surface area contributed by atoms with E-state index in [1.165, 1.54) is 44.6 Å². The van der Waals surface area contributed by atoms with E-state index in [1.54, 1.807) is 4.88 Å². The first-order valence-electron chi connectivity index (χ1n) is 6.75. The van der Waals surface area contributed by atoms with Crippen LogP contribution in [0.15, 0.2) is 11.4 Å². The van der Waals surface area contributed by atoms with Gasteiger partial charge in [-0.15, -0.1) is 11.3 Å². The maximum atomic E-state index is 3.44. The van der Waals surface area contributed by atoms with Gasteiger partial charge in [0.15, 0.2) is 0 Å². The Kier molecular flexibility index (Phi) is 5.01. The van der Waals surface area contributed by atoms with E-state index in [4.69, 9.17) is 0 Å². The van der Waals surface area contributed by atoms with E-state index in [2.05, 4.69) is 35.5 Å². The van der Waals surface area contributed by atoms with Gasteiger partial charge in [0.05, 0.1) is 0 Å². The fraction of sp³-hybridized carbons (Fsp3) is 0.714. The van der Waals surface area contributed by atoms with Crippen LogP contribution in [0.4, 0.5) is 0 Å². The second-order valence-corrected chi connectivity index (χ2v) is 6.05. The second-order valence-electron chi connectivity index (χ2n) is 5.05. The molecule has 0 saturated carbocycles. The minimum Gasteiger partial charge on any atom is -0.317 e. The highest BCUT2D eigenvalue weighted by molar-refractivity contribution is 7.10. The Hall–Kier alpha value is -0.380. The predicted octanol–water partition coefficient (Wildman–Crippen LogP) is 2.88. The van der Waals surface area contributed by atoms with E-state index >= 15 is 0 Å². The van der Waals surface area contributed by atoms with Gasteiger partial charge in [-0.3, -0.25) is 4.90 Å². The fourth-order valence-electron chi connectivity index (χ4n) is 2.50. The minimum atomic E-state index is 0.900. The van der Waals surface area contributed by atoms with Crippen molar-refractivity contribution in [1.29, 1.82) is 0 Å². The molecule has 1 saturated heterocycles. The van der Waals surface area contributed by atoms with Gasteiger partial charge in [0.25, 0.3) is 0 Å². The van der Waals surface area contributed by atoms with Gasteiger partial charge in [0.2, 0.25) is 0 Å². The van der Waals surface area contributed by atoms with Crippen LogP contribution in [0.25, 0.3) is 0 Å². The van der Waals surface area contributed by atoms with Gasteiger partial charge in [0, 0.05) is 18.0 Å². The van der Waals surface area contributed by atoms with Crippen molar-refractivity contribution < 1.29 is 0 Å². The largest absolute Gasteiger partial charge is 0.317 e. The van der Waals surface area contributed by atoms with Crippen molar-refractivity contribution in [3.8, 4) is 0 Å². The summed E-state index contributed by atoms with van der Waals surface area (Å²) < 4.78 is 0. The molecule has 3 heteroatoms. The summed E-state index contributed by atoms with van der Waals surface area (Å²) in [6.45, 7) is 10.5. The number of hydrogen-bond donors (Lipinski definition) is 1. The van der Waals surface area contributed by atoms with Crippen LogP contribution >= 0.6 is 11.3 Å². The Bertz CT molecular complexity index is 329. The average molecular weight is 252 g/mol. The number of rotatable bonds is 5. The lowest BCUT2D eigenvalue weighted by atomic mass is 9.97. The van der Waals surface area contributed by atoms with Crippen molar-refractivity contribution in [2.75, 3.05) is 26.2 Å². The van der Waals surface area contributed by atoms with Gasteiger partial charge in [-0.25, -0.2) is 0 Å². The van der Waals surface area contributed by atoms with E-state index in [0.29, 0.717) is 0 Å². The zero-order chi connectivity index (χ0) is 12.1. The van der Waals surface area contributed by atoms with Crippen molar-refractivity contribution in [2.24, 2.45) is 5.92 Å². The maximum absolute atomic E-state index is 3.44. The highest BCUT2D eigenvalue weighted by atomic mass is 32.1. The Labute approximate surface area is 109 Å². The van der Waals surface area contributed by atoms with E-state index < -0.39 is 0 Å². The van der Waals surface area contributed by atoms with E-state index in [1.807, 2.05) is 11.3 Å². The van der Waals surface area contributed by atoms with Crippen molar-refractivity contribution in [3.05, 3.63) is 21.9 Å². The topological polar surface area (TPSA) is 15.3 Å². The maximum Gasteiger partial charge on any atom is 0.0330 e. The summed E-state index contributed by atoms with van der Waals surface area (Å²) in [5.74, 6) is 0.900. The van der Waals surface area contributed by atoms with Crippen LogP contribution < -0.4 is 5.32 Å². The molecule has 2 rings (SSSR count). The van der Waals surface area contributed by atoms with Gasteiger partial charge in [-0.05, 0) is 62.3 Å². The summed E-state index contributed by atoms with van der Waals surface area (Å²) in [6.07, 6.45) is 2.69. The lowest BCUT2D eigenvalue weighted by Crippen LogP contribution is -2.35. The monoisotopic (exact) mass is 252 g/mol. The molecule has 0 spiro atoms. The zero-order valence-electron chi connectivity index (χ0n) is 11.0. The Morgan fingerprint density at radius 1 is 1.41 bits per heavy atom. The molecule has 0 radical (unpaired) electrons. The molecule has 0 aromatic carbocycles. The fourth-order valence-corrected chi connectivity index (χ4v) is 3.45. The number of piperidine rings is 1. The van der Waals surface area contributed by atoms with Gasteiger partial charge < -0.3 is 5.32 Å². The predicted molar refractivity (Wildman–Crippen MR) is 75.6 cm³/mol. The third kappa shape index (κ3) is 3.80. The standard InChI is InChI=1S/C14H24N2S/c1-3-16(10-13-4-7-15-8-5-13)11-14-12(2)6-9-17-14/h6,9,13,15H,3-5,7-8,10-11H2,1-2H3. The summed E-state index contributed by atoms with van der Waals surface area (Å²) in [7, 11) is 0. The lowest BCUT2D eigenvalue weighted by Gasteiger charge is -2.29. The highest BCUT2D eigenvalue weighted by Crippen LogP contribution is 2.20. The normalized spacial score (nSPS) is 17.8. The molecule has 96 valence electrons. The van der Waals surface area contributed by atoms with Crippen LogP contribution in [0.3, 0.4) is 0 Å². The third-order valence-corrected chi connectivity index (χ3v) is 4.77. The Morgan fingerprint density at radius 3 is 2.76 bits per heavy atom. The minimum absolute atomic E-state index is 0.900. The molecule has 1 aliphatic heterocycles. The summed E-state index contributed by atoms with van der Waals surface area (Å²) >= 11 is 1.90. The van der Waals surface area contributed by atoms with E-state index in [9.17, 15) is 0 Å². The average Bonchev–Trinajstić information content (AvgIpc) is 2.75. The molecule has 0 aliphatic carbocycles. The molecule has 0 unspecified atom stereocenters. The van der Waals surface area contributed by atoms with Crippen LogP contribution in [0.2, 0.25) is 0 Å². The van der Waals surface area contributed by atoms with E-state index in [0.717, 1.165) is 12.5 Å². The molecular weight excluding hydrogens is 228 g/mol. The van der Waals surface area contributed by atoms with Crippen molar-refractivity contribution in [1.82, 2.24) is 10.2 Å². The van der Waals surface area contributed by atoms with Crippen molar-refractivity contribution in [3.63, 3.8) is 0 Å². The van der Waals surface area contributed by atoms with Crippen LogP contribution in [0.5, 0.6) is 0 Å². The van der Waals surface area contributed by atoms with Gasteiger partial charge in [0.1, 0.15) is 0 Å². The number of aryl methyl sites for hydroxylation is 1. The SMILES string of the molecule is CCN(Cc1sccc1C)CC1CCNCC1. The molecule has 1 aromatic rings. The number of hydrogen-bond acceptors (Lipinski definition) is 3. The molecule has 1 aliphatic rings. The Morgan fingerprint density at radius 2 is 2.18 bits per heavy atom. The molecule has 0 atom stereocenters. The first-order chi connectivity index (χ1) is 8.29. The van der Waals surface area contributed by atoms with Crippen LogP contribution in [-0.2, 0) is 6.54 Å². The molecular formula is C14H24N2S. The number of thiophene rings is 1. The van der Waals surface area contributed by atoms with Crippen molar-refractivity contribution >= 4 is 11.3 Å². The summed E-state index contributed by atoms with van der Waals surface area (Å²) in [4.78, 5) is 4.15. The first kappa shape index (κ1) is 13.1. The zero-order valence-corrected chi connectivity index (χ0v) is 11.9. The van der Waals surface area contributed by atoms with Crippen molar-refractivity contribution in [2.45, 2.75) is 33.2 Å². The quantitative estimate of drug-likeness (QED) is 0.867. The van der Waals surface area contributed by atoms with Crippen LogP contribution in [0, 0.1) is 12.8 Å². The first-order valence-corrected chi connectivity index (χ1v) is 7.63. The van der Waals surface area contributed by atoms with Crippen LogP contribution in [0.1, 0.15) is 30.2 Å². The Balaban J connectivity index is 1.85. The second kappa shape index (κ2) is 6.53. The molecule has 1 N–H and O–H groups in total. The molecule has 17 heavy (non-hydrogen) atoms. The molecule has 0 amide bonds. The van der Waals surface area contributed by atoms with Gasteiger partial charge in [-0.2, -0.15) is 0 Å². The van der Waals surface area contributed by atoms with E-state index in [-0.39, 0.29) is 0 Å².